The molecule has 0 aliphatic carbocycles. The maximum Gasteiger partial charge on any atom is 0.307 e. The molecule has 1 aromatic rings. The normalized spacial score (nSPS) is 11.6. The SMILES string of the molecule is CCOC(=O)C[C@@H](N)c1cc(Cl)cc(Cl)c1O.Cl. The average Bonchev–Trinajstić information content (AvgIpc) is 2.23. The molecule has 3 N–H and O–H groups in total. The number of phenolic OH excluding ortho intramolecular Hbond substituents is 1. The summed E-state index contributed by atoms with van der Waals surface area (Å²) in [6.45, 7) is 1.99. The van der Waals surface area contributed by atoms with Crippen molar-refractivity contribution in [3.8, 4) is 5.75 Å². The first kappa shape index (κ1) is 17.3. The highest BCUT2D eigenvalue weighted by Gasteiger charge is 2.18. The lowest BCUT2D eigenvalue weighted by atomic mass is 10.0. The van der Waals surface area contributed by atoms with Crippen LogP contribution >= 0.6 is 35.6 Å². The molecule has 102 valence electrons. The number of nitrogens with two attached hydrogens (primary N) is 1. The van der Waals surface area contributed by atoms with Crippen LogP contribution in [0.3, 0.4) is 0 Å². The Kier molecular flexibility index (Phi) is 7.40. The first-order valence-corrected chi connectivity index (χ1v) is 5.80. The van der Waals surface area contributed by atoms with Crippen LogP contribution in [-0.2, 0) is 9.53 Å². The first-order chi connectivity index (χ1) is 7.95. The van der Waals surface area contributed by atoms with Crippen molar-refractivity contribution >= 4 is 41.6 Å². The highest BCUT2D eigenvalue weighted by atomic mass is 35.5. The number of rotatable bonds is 4. The lowest BCUT2D eigenvalue weighted by molar-refractivity contribution is -0.143. The standard InChI is InChI=1S/C11H13Cl2NO3.ClH/c1-2-17-10(15)5-9(14)7-3-6(12)4-8(13)11(7)16;/h3-4,9,16H,2,5,14H2,1H3;1H/t9-;/m1./s1. The van der Waals surface area contributed by atoms with Gasteiger partial charge in [0.25, 0.3) is 0 Å². The van der Waals surface area contributed by atoms with Crippen LogP contribution < -0.4 is 5.73 Å². The summed E-state index contributed by atoms with van der Waals surface area (Å²) in [6, 6.07) is 2.18. The van der Waals surface area contributed by atoms with Crippen LogP contribution in [0.1, 0.15) is 24.9 Å². The van der Waals surface area contributed by atoms with Crippen molar-refractivity contribution in [1.29, 1.82) is 0 Å². The van der Waals surface area contributed by atoms with Gasteiger partial charge in [-0.25, -0.2) is 0 Å². The van der Waals surface area contributed by atoms with E-state index in [9.17, 15) is 9.90 Å². The second-order valence-corrected chi connectivity index (χ2v) is 4.28. The van der Waals surface area contributed by atoms with Gasteiger partial charge in [0.2, 0.25) is 0 Å². The highest BCUT2D eigenvalue weighted by molar-refractivity contribution is 6.35. The molecule has 0 bridgehead atoms. The summed E-state index contributed by atoms with van der Waals surface area (Å²) in [6.07, 6.45) is -0.0436. The number of benzene rings is 1. The number of ether oxygens (including phenoxy) is 1. The first-order valence-electron chi connectivity index (χ1n) is 5.04. The van der Waals surface area contributed by atoms with Gasteiger partial charge in [-0.2, -0.15) is 0 Å². The quantitative estimate of drug-likeness (QED) is 0.838. The van der Waals surface area contributed by atoms with Crippen LogP contribution in [0.2, 0.25) is 10.0 Å². The van der Waals surface area contributed by atoms with E-state index >= 15 is 0 Å². The Morgan fingerprint density at radius 3 is 2.67 bits per heavy atom. The van der Waals surface area contributed by atoms with Crippen LogP contribution in [0.25, 0.3) is 0 Å². The van der Waals surface area contributed by atoms with E-state index in [4.69, 9.17) is 33.7 Å². The Balaban J connectivity index is 0.00000289. The number of halogens is 3. The molecule has 0 unspecified atom stereocenters. The van der Waals surface area contributed by atoms with Gasteiger partial charge in [-0.15, -0.1) is 12.4 Å². The van der Waals surface area contributed by atoms with Crippen LogP contribution in [0.15, 0.2) is 12.1 Å². The van der Waals surface area contributed by atoms with Crippen molar-refractivity contribution in [3.05, 3.63) is 27.7 Å². The molecular formula is C11H14Cl3NO3. The van der Waals surface area contributed by atoms with E-state index in [1.807, 2.05) is 0 Å². The predicted octanol–water partition coefficient (Wildman–Crippen LogP) is 3.07. The van der Waals surface area contributed by atoms with E-state index in [0.717, 1.165) is 0 Å². The molecule has 0 aromatic heterocycles. The monoisotopic (exact) mass is 313 g/mol. The zero-order valence-electron chi connectivity index (χ0n) is 9.65. The second-order valence-electron chi connectivity index (χ2n) is 3.44. The number of hydrogen-bond donors (Lipinski definition) is 2. The topological polar surface area (TPSA) is 72.5 Å². The smallest absolute Gasteiger partial charge is 0.307 e. The summed E-state index contributed by atoms with van der Waals surface area (Å²) >= 11 is 11.6. The molecule has 0 spiro atoms. The van der Waals surface area contributed by atoms with Crippen molar-refractivity contribution in [2.24, 2.45) is 5.73 Å². The van der Waals surface area contributed by atoms with Gasteiger partial charge >= 0.3 is 5.97 Å². The molecule has 0 heterocycles. The Hall–Kier alpha value is -0.680. The predicted molar refractivity (Wildman–Crippen MR) is 73.6 cm³/mol. The molecule has 1 aromatic carbocycles. The van der Waals surface area contributed by atoms with Gasteiger partial charge in [0, 0.05) is 16.6 Å². The minimum absolute atomic E-state index is 0. The third kappa shape index (κ3) is 4.53. The highest BCUT2D eigenvalue weighted by Crippen LogP contribution is 2.35. The zero-order valence-corrected chi connectivity index (χ0v) is 12.0. The van der Waals surface area contributed by atoms with Crippen LogP contribution in [0, 0.1) is 0 Å². The van der Waals surface area contributed by atoms with Crippen LogP contribution in [0.5, 0.6) is 5.75 Å². The zero-order chi connectivity index (χ0) is 13.0. The van der Waals surface area contributed by atoms with Crippen molar-refractivity contribution in [2.45, 2.75) is 19.4 Å². The van der Waals surface area contributed by atoms with E-state index in [1.54, 1.807) is 6.92 Å². The van der Waals surface area contributed by atoms with Crippen molar-refractivity contribution < 1.29 is 14.6 Å². The number of aromatic hydroxyl groups is 1. The summed E-state index contributed by atoms with van der Waals surface area (Å²) in [5, 5.41) is 10.2. The fourth-order valence-electron chi connectivity index (χ4n) is 1.38. The maximum atomic E-state index is 11.3. The largest absolute Gasteiger partial charge is 0.506 e. The minimum Gasteiger partial charge on any atom is -0.506 e. The molecule has 0 aliphatic rings. The number of carbonyl (C=O) groups is 1. The molecule has 0 saturated carbocycles. The number of phenols is 1. The molecule has 1 atom stereocenters. The third-order valence-corrected chi connectivity index (χ3v) is 2.66. The van der Waals surface area contributed by atoms with Gasteiger partial charge in [0.1, 0.15) is 5.75 Å². The van der Waals surface area contributed by atoms with Gasteiger partial charge in [-0.3, -0.25) is 4.79 Å². The van der Waals surface area contributed by atoms with Crippen LogP contribution in [0.4, 0.5) is 0 Å². The van der Waals surface area contributed by atoms with Gasteiger partial charge in [-0.05, 0) is 19.1 Å². The summed E-state index contributed by atoms with van der Waals surface area (Å²) in [5.41, 5.74) is 6.12. The van der Waals surface area contributed by atoms with E-state index in [2.05, 4.69) is 0 Å². The Morgan fingerprint density at radius 1 is 1.50 bits per heavy atom. The van der Waals surface area contributed by atoms with Crippen molar-refractivity contribution in [1.82, 2.24) is 0 Å². The Labute approximate surface area is 121 Å². The summed E-state index contributed by atoms with van der Waals surface area (Å²) in [7, 11) is 0. The molecule has 0 saturated heterocycles. The summed E-state index contributed by atoms with van der Waals surface area (Å²) in [5.74, 6) is -0.594. The molecule has 0 aliphatic heterocycles. The fraction of sp³-hybridized carbons (Fsp3) is 0.364. The van der Waals surface area contributed by atoms with Gasteiger partial charge in [0.15, 0.2) is 0 Å². The second kappa shape index (κ2) is 7.69. The molecule has 4 nitrogen and oxygen atoms in total. The fourth-order valence-corrected chi connectivity index (χ4v) is 1.89. The lowest BCUT2D eigenvalue weighted by Gasteiger charge is -2.14. The van der Waals surface area contributed by atoms with Crippen LogP contribution in [-0.4, -0.2) is 17.7 Å². The van der Waals surface area contributed by atoms with Crippen molar-refractivity contribution in [2.75, 3.05) is 6.61 Å². The molecule has 0 fully saturated rings. The van der Waals surface area contributed by atoms with E-state index < -0.39 is 12.0 Å². The summed E-state index contributed by atoms with van der Waals surface area (Å²) in [4.78, 5) is 11.3. The third-order valence-electron chi connectivity index (χ3n) is 2.15. The average molecular weight is 315 g/mol. The number of carbonyl (C=O) groups excluding carboxylic acids is 1. The lowest BCUT2D eigenvalue weighted by Crippen LogP contribution is -2.17. The Bertz CT molecular complexity index is 426. The van der Waals surface area contributed by atoms with Gasteiger partial charge in [0.05, 0.1) is 18.1 Å². The minimum atomic E-state index is -0.703. The molecule has 1 rings (SSSR count). The van der Waals surface area contributed by atoms with Gasteiger partial charge in [-0.1, -0.05) is 23.2 Å². The van der Waals surface area contributed by atoms with Gasteiger partial charge < -0.3 is 15.6 Å². The van der Waals surface area contributed by atoms with E-state index in [0.29, 0.717) is 10.6 Å². The molecule has 18 heavy (non-hydrogen) atoms. The van der Waals surface area contributed by atoms with E-state index in [-0.39, 0.29) is 36.2 Å². The maximum absolute atomic E-state index is 11.3. The summed E-state index contributed by atoms with van der Waals surface area (Å²) < 4.78 is 4.77. The number of esters is 1. The molecule has 0 amide bonds. The van der Waals surface area contributed by atoms with E-state index in [1.165, 1.54) is 12.1 Å². The number of hydrogen-bond acceptors (Lipinski definition) is 4. The molecular weight excluding hydrogens is 300 g/mol. The molecule has 7 heteroatoms. The Morgan fingerprint density at radius 2 is 2.11 bits per heavy atom. The van der Waals surface area contributed by atoms with Crippen molar-refractivity contribution in [3.63, 3.8) is 0 Å². The molecule has 0 radical (unpaired) electrons.